The molecule has 1 heterocycles. The van der Waals surface area contributed by atoms with Gasteiger partial charge in [0.15, 0.2) is 0 Å². The van der Waals surface area contributed by atoms with Gasteiger partial charge in [-0.05, 0) is 37.3 Å². The van der Waals surface area contributed by atoms with Crippen molar-refractivity contribution in [1.29, 1.82) is 0 Å². The summed E-state index contributed by atoms with van der Waals surface area (Å²) >= 11 is 1.90. The molecule has 19 heavy (non-hydrogen) atoms. The van der Waals surface area contributed by atoms with Gasteiger partial charge in [0.25, 0.3) is 0 Å². The minimum Gasteiger partial charge on any atom is -0.308 e. The molecule has 4 heteroatoms. The molecule has 0 aliphatic heterocycles. The fraction of sp³-hybridized carbons (Fsp3) is 0.533. The van der Waals surface area contributed by atoms with Gasteiger partial charge in [0.05, 0.1) is 11.2 Å². The highest BCUT2D eigenvalue weighted by Gasteiger charge is 2.21. The van der Waals surface area contributed by atoms with Gasteiger partial charge in [-0.3, -0.25) is 4.68 Å². The molecule has 1 fully saturated rings. The number of nitrogens with one attached hydrogen (secondary N) is 1. The van der Waals surface area contributed by atoms with Gasteiger partial charge in [-0.1, -0.05) is 18.2 Å². The Morgan fingerprint density at radius 3 is 3.00 bits per heavy atom. The van der Waals surface area contributed by atoms with Gasteiger partial charge in [-0.25, -0.2) is 0 Å². The molecule has 1 N–H and O–H groups in total. The van der Waals surface area contributed by atoms with Crippen molar-refractivity contribution in [3.63, 3.8) is 0 Å². The van der Waals surface area contributed by atoms with E-state index in [2.05, 4.69) is 40.5 Å². The summed E-state index contributed by atoms with van der Waals surface area (Å²) in [5.41, 5.74) is 2.47. The molecule has 3 nitrogen and oxygen atoms in total. The number of aryl methyl sites for hydroxylation is 1. The predicted molar refractivity (Wildman–Crippen MR) is 82.6 cm³/mol. The van der Waals surface area contributed by atoms with Crippen molar-refractivity contribution in [2.45, 2.75) is 38.4 Å². The largest absolute Gasteiger partial charge is 0.308 e. The van der Waals surface area contributed by atoms with E-state index in [1.165, 1.54) is 41.6 Å². The van der Waals surface area contributed by atoms with E-state index in [0.717, 1.165) is 19.1 Å². The number of nitrogens with zero attached hydrogens (tertiary/aromatic N) is 2. The van der Waals surface area contributed by atoms with Crippen molar-refractivity contribution in [2.24, 2.45) is 0 Å². The Bertz CT molecular complexity index is 545. The van der Waals surface area contributed by atoms with E-state index in [0.29, 0.717) is 0 Å². The van der Waals surface area contributed by atoms with Crippen LogP contribution >= 0.6 is 11.8 Å². The zero-order valence-corrected chi connectivity index (χ0v) is 12.2. The Morgan fingerprint density at radius 2 is 2.21 bits per heavy atom. The fourth-order valence-electron chi connectivity index (χ4n) is 2.38. The summed E-state index contributed by atoms with van der Waals surface area (Å²) in [5, 5.41) is 9.68. The molecule has 0 atom stereocenters. The maximum atomic E-state index is 4.81. The lowest BCUT2D eigenvalue weighted by atomic mass is 10.2. The first-order chi connectivity index (χ1) is 9.38. The molecule has 102 valence electrons. The summed E-state index contributed by atoms with van der Waals surface area (Å²) in [4.78, 5) is 0. The summed E-state index contributed by atoms with van der Waals surface area (Å²) in [6.07, 6.45) is 5.99. The first-order valence-electron chi connectivity index (χ1n) is 7.05. The van der Waals surface area contributed by atoms with E-state index in [9.17, 15) is 0 Å². The minimum absolute atomic E-state index is 0.736. The minimum atomic E-state index is 0.736. The summed E-state index contributed by atoms with van der Waals surface area (Å²) in [7, 11) is 0. The molecule has 0 unspecified atom stereocenters. The van der Waals surface area contributed by atoms with Crippen LogP contribution in [0.3, 0.4) is 0 Å². The van der Waals surface area contributed by atoms with E-state index in [1.54, 1.807) is 0 Å². The lowest BCUT2D eigenvalue weighted by Gasteiger charge is -2.02. The molecule has 1 aromatic carbocycles. The highest BCUT2D eigenvalue weighted by atomic mass is 32.2. The number of aromatic nitrogens is 2. The molecule has 0 saturated heterocycles. The molecule has 0 spiro atoms. The molecular formula is C15H21N3S. The first kappa shape index (κ1) is 13.0. The van der Waals surface area contributed by atoms with Crippen molar-refractivity contribution < 1.29 is 0 Å². The van der Waals surface area contributed by atoms with Crippen LogP contribution in [0.1, 0.15) is 25.0 Å². The number of hydrogen-bond acceptors (Lipinski definition) is 3. The normalized spacial score (nSPS) is 15.2. The third kappa shape index (κ3) is 3.12. The summed E-state index contributed by atoms with van der Waals surface area (Å²) in [6.45, 7) is 1.92. The van der Waals surface area contributed by atoms with Crippen molar-refractivity contribution in [3.8, 4) is 0 Å². The number of fused-ring (bicyclic) bond motifs is 1. The van der Waals surface area contributed by atoms with Crippen LogP contribution < -0.4 is 5.32 Å². The second kappa shape index (κ2) is 5.97. The lowest BCUT2D eigenvalue weighted by molar-refractivity contribution is 0.598. The fourth-order valence-corrected chi connectivity index (χ4v) is 2.80. The molecule has 1 aliphatic rings. The number of benzene rings is 1. The molecule has 1 aliphatic carbocycles. The third-order valence-electron chi connectivity index (χ3n) is 3.59. The average Bonchev–Trinajstić information content (AvgIpc) is 3.20. The van der Waals surface area contributed by atoms with Crippen LogP contribution in [0.25, 0.3) is 10.9 Å². The monoisotopic (exact) mass is 275 g/mol. The molecular weight excluding hydrogens is 254 g/mol. The summed E-state index contributed by atoms with van der Waals surface area (Å²) in [5.74, 6) is 1.20. The first-order valence-corrected chi connectivity index (χ1v) is 8.44. The van der Waals surface area contributed by atoms with Crippen LogP contribution in [-0.2, 0) is 13.1 Å². The summed E-state index contributed by atoms with van der Waals surface area (Å²) < 4.78 is 2.18. The van der Waals surface area contributed by atoms with Crippen LogP contribution in [0, 0.1) is 0 Å². The Labute approximate surface area is 118 Å². The van der Waals surface area contributed by atoms with Crippen molar-refractivity contribution in [3.05, 3.63) is 30.0 Å². The Hall–Kier alpha value is -1.00. The van der Waals surface area contributed by atoms with Gasteiger partial charge in [-0.15, -0.1) is 0 Å². The Kier molecular flexibility index (Phi) is 4.09. The molecule has 2 aromatic rings. The highest BCUT2D eigenvalue weighted by Crippen LogP contribution is 2.22. The Morgan fingerprint density at radius 1 is 1.37 bits per heavy atom. The molecule has 1 aromatic heterocycles. The second-order valence-electron chi connectivity index (χ2n) is 5.19. The van der Waals surface area contributed by atoms with Crippen molar-refractivity contribution in [2.75, 3.05) is 12.0 Å². The van der Waals surface area contributed by atoms with E-state index < -0.39 is 0 Å². The van der Waals surface area contributed by atoms with Crippen molar-refractivity contribution >= 4 is 22.7 Å². The molecule has 0 radical (unpaired) electrons. The predicted octanol–water partition coefficient (Wildman–Crippen LogP) is 3.04. The van der Waals surface area contributed by atoms with Crippen LogP contribution in [0.15, 0.2) is 24.3 Å². The zero-order chi connectivity index (χ0) is 13.1. The topological polar surface area (TPSA) is 29.9 Å². The van der Waals surface area contributed by atoms with Gasteiger partial charge >= 0.3 is 0 Å². The van der Waals surface area contributed by atoms with E-state index in [-0.39, 0.29) is 0 Å². The number of hydrogen-bond donors (Lipinski definition) is 1. The van der Waals surface area contributed by atoms with Gasteiger partial charge in [0.1, 0.15) is 0 Å². The summed E-state index contributed by atoms with van der Waals surface area (Å²) in [6, 6.07) is 9.32. The molecule has 0 amide bonds. The van der Waals surface area contributed by atoms with Crippen LogP contribution in [0.5, 0.6) is 0 Å². The van der Waals surface area contributed by atoms with Crippen molar-refractivity contribution in [1.82, 2.24) is 15.1 Å². The number of para-hydroxylation sites is 1. The third-order valence-corrected chi connectivity index (χ3v) is 4.29. The maximum Gasteiger partial charge on any atom is 0.0841 e. The van der Waals surface area contributed by atoms with Crippen LogP contribution in [-0.4, -0.2) is 27.8 Å². The van der Waals surface area contributed by atoms with E-state index in [1.807, 2.05) is 11.8 Å². The second-order valence-corrected chi connectivity index (χ2v) is 6.17. The smallest absolute Gasteiger partial charge is 0.0841 e. The lowest BCUT2D eigenvalue weighted by Crippen LogP contribution is -2.16. The molecule has 3 rings (SSSR count). The highest BCUT2D eigenvalue weighted by molar-refractivity contribution is 7.98. The van der Waals surface area contributed by atoms with Gasteiger partial charge < -0.3 is 5.32 Å². The Balaban J connectivity index is 1.79. The number of rotatable bonds is 7. The average molecular weight is 275 g/mol. The molecule has 0 bridgehead atoms. The number of thioether (sulfide) groups is 1. The van der Waals surface area contributed by atoms with Gasteiger partial charge in [0, 0.05) is 24.5 Å². The zero-order valence-electron chi connectivity index (χ0n) is 11.4. The standard InChI is InChI=1S/C15H21N3S/c1-19-10-4-9-18-15-6-3-2-5-13(15)14(17-18)11-16-12-7-8-12/h2-3,5-6,12,16H,4,7-11H2,1H3. The van der Waals surface area contributed by atoms with E-state index in [4.69, 9.17) is 5.10 Å². The van der Waals surface area contributed by atoms with E-state index >= 15 is 0 Å². The van der Waals surface area contributed by atoms with Gasteiger partial charge in [-0.2, -0.15) is 16.9 Å². The van der Waals surface area contributed by atoms with Gasteiger partial charge in [0.2, 0.25) is 0 Å². The van der Waals surface area contributed by atoms with Crippen LogP contribution in [0.2, 0.25) is 0 Å². The maximum absolute atomic E-state index is 4.81. The quantitative estimate of drug-likeness (QED) is 0.788. The SMILES string of the molecule is CSCCCn1nc(CNC2CC2)c2ccccc21. The molecule has 1 saturated carbocycles. The van der Waals surface area contributed by atoms with Crippen LogP contribution in [0.4, 0.5) is 0 Å².